The Morgan fingerprint density at radius 3 is 2.83 bits per heavy atom. The van der Waals surface area contributed by atoms with Gasteiger partial charge in [0, 0.05) is 30.2 Å². The van der Waals surface area contributed by atoms with Crippen LogP contribution in [-0.2, 0) is 11.3 Å². The minimum absolute atomic E-state index is 0.202. The van der Waals surface area contributed by atoms with Crippen molar-refractivity contribution in [2.24, 2.45) is 0 Å². The molecule has 1 aromatic heterocycles. The Morgan fingerprint density at radius 1 is 1.17 bits per heavy atom. The van der Waals surface area contributed by atoms with Gasteiger partial charge in [-0.05, 0) is 30.3 Å². The summed E-state index contributed by atoms with van der Waals surface area (Å²) >= 11 is 0. The van der Waals surface area contributed by atoms with Crippen molar-refractivity contribution in [3.63, 3.8) is 0 Å². The van der Waals surface area contributed by atoms with Crippen molar-refractivity contribution in [2.75, 3.05) is 25.6 Å². The fourth-order valence-electron chi connectivity index (χ4n) is 2.55. The van der Waals surface area contributed by atoms with E-state index in [0.29, 0.717) is 41.7 Å². The van der Waals surface area contributed by atoms with E-state index in [-0.39, 0.29) is 12.5 Å². The predicted octanol–water partition coefficient (Wildman–Crippen LogP) is 2.86. The van der Waals surface area contributed by atoms with Gasteiger partial charge in [0.2, 0.25) is 0 Å². The van der Waals surface area contributed by atoms with Crippen LogP contribution < -0.4 is 19.5 Å². The Hall–Kier alpha value is -3.99. The van der Waals surface area contributed by atoms with Crippen LogP contribution in [0.2, 0.25) is 0 Å². The molecule has 8 heteroatoms. The maximum absolute atomic E-state index is 12.2. The van der Waals surface area contributed by atoms with Crippen molar-refractivity contribution >= 4 is 11.6 Å². The number of ether oxygens (including phenoxy) is 3. The van der Waals surface area contributed by atoms with E-state index in [9.17, 15) is 4.79 Å². The Kier molecular flexibility index (Phi) is 6.68. The molecule has 1 N–H and O–H groups in total. The molecule has 0 atom stereocenters. The van der Waals surface area contributed by atoms with Crippen LogP contribution in [0.1, 0.15) is 5.56 Å². The van der Waals surface area contributed by atoms with Crippen LogP contribution in [0.3, 0.4) is 0 Å². The maximum Gasteiger partial charge on any atom is 0.262 e. The Labute approximate surface area is 168 Å². The van der Waals surface area contributed by atoms with Crippen LogP contribution in [0.4, 0.5) is 5.69 Å². The number of benzene rings is 2. The number of carbonyl (C=O) groups is 1. The van der Waals surface area contributed by atoms with E-state index < -0.39 is 0 Å². The highest BCUT2D eigenvalue weighted by Crippen LogP contribution is 2.27. The van der Waals surface area contributed by atoms with Crippen LogP contribution in [0.5, 0.6) is 17.2 Å². The molecule has 0 saturated carbocycles. The quantitative estimate of drug-likeness (QED) is 0.601. The van der Waals surface area contributed by atoms with Crippen molar-refractivity contribution in [1.29, 1.82) is 5.26 Å². The molecule has 2 aromatic carbocycles. The molecule has 0 unspecified atom stereocenters. The summed E-state index contributed by atoms with van der Waals surface area (Å²) in [5.41, 5.74) is 1.05. The summed E-state index contributed by atoms with van der Waals surface area (Å²) in [5.74, 6) is 1.09. The van der Waals surface area contributed by atoms with Crippen molar-refractivity contribution < 1.29 is 19.0 Å². The second-order valence-electron chi connectivity index (χ2n) is 5.96. The van der Waals surface area contributed by atoms with Gasteiger partial charge in [0.1, 0.15) is 12.4 Å². The summed E-state index contributed by atoms with van der Waals surface area (Å²) in [7, 11) is 1.47. The molecule has 8 nitrogen and oxygen atoms in total. The van der Waals surface area contributed by atoms with Crippen LogP contribution in [-0.4, -0.2) is 36.0 Å². The number of hydrogen-bond acceptors (Lipinski definition) is 6. The van der Waals surface area contributed by atoms with Gasteiger partial charge in [-0.2, -0.15) is 10.4 Å². The number of anilines is 1. The van der Waals surface area contributed by atoms with Crippen LogP contribution in [0.15, 0.2) is 60.9 Å². The number of amides is 1. The van der Waals surface area contributed by atoms with Gasteiger partial charge in [-0.1, -0.05) is 6.07 Å². The molecule has 1 amide bonds. The van der Waals surface area contributed by atoms with Gasteiger partial charge in [-0.15, -0.1) is 0 Å². The monoisotopic (exact) mass is 392 g/mol. The van der Waals surface area contributed by atoms with E-state index in [2.05, 4.69) is 10.4 Å². The molecule has 0 bridgehead atoms. The first-order chi connectivity index (χ1) is 14.2. The number of methoxy groups -OCH3 is 1. The highest BCUT2D eigenvalue weighted by Gasteiger charge is 2.09. The van der Waals surface area contributed by atoms with Crippen LogP contribution >= 0.6 is 0 Å². The van der Waals surface area contributed by atoms with Gasteiger partial charge in [-0.25, -0.2) is 0 Å². The molecule has 0 aliphatic rings. The lowest BCUT2D eigenvalue weighted by Crippen LogP contribution is -2.20. The zero-order valence-corrected chi connectivity index (χ0v) is 15.9. The van der Waals surface area contributed by atoms with E-state index in [0.717, 1.165) is 0 Å². The lowest BCUT2D eigenvalue weighted by Gasteiger charge is -2.12. The second kappa shape index (κ2) is 9.80. The summed E-state index contributed by atoms with van der Waals surface area (Å²) < 4.78 is 18.2. The Morgan fingerprint density at radius 2 is 2.07 bits per heavy atom. The van der Waals surface area contributed by atoms with E-state index in [1.807, 2.05) is 24.4 Å². The highest BCUT2D eigenvalue weighted by atomic mass is 16.5. The topological polar surface area (TPSA) is 98.4 Å². The van der Waals surface area contributed by atoms with Gasteiger partial charge in [0.15, 0.2) is 18.1 Å². The molecule has 0 aliphatic heterocycles. The lowest BCUT2D eigenvalue weighted by atomic mass is 10.2. The van der Waals surface area contributed by atoms with Crippen molar-refractivity contribution in [2.45, 2.75) is 6.54 Å². The van der Waals surface area contributed by atoms with E-state index in [4.69, 9.17) is 19.5 Å². The minimum Gasteiger partial charge on any atom is -0.493 e. The lowest BCUT2D eigenvalue weighted by molar-refractivity contribution is -0.118. The van der Waals surface area contributed by atoms with E-state index in [1.165, 1.54) is 7.11 Å². The SMILES string of the molecule is COc1cc(C#N)ccc1OCC(=O)Nc1cccc(OCCn2cccn2)c1. The highest BCUT2D eigenvalue weighted by molar-refractivity contribution is 5.92. The second-order valence-corrected chi connectivity index (χ2v) is 5.96. The van der Waals surface area contributed by atoms with Crippen molar-refractivity contribution in [3.8, 4) is 23.3 Å². The number of nitrogens with zero attached hydrogens (tertiary/aromatic N) is 3. The Balaban J connectivity index is 1.51. The largest absolute Gasteiger partial charge is 0.493 e. The molecule has 3 rings (SSSR count). The molecule has 0 aliphatic carbocycles. The summed E-state index contributed by atoms with van der Waals surface area (Å²) in [6.45, 7) is 0.886. The van der Waals surface area contributed by atoms with Crippen molar-refractivity contribution in [1.82, 2.24) is 9.78 Å². The number of nitrogens with one attached hydrogen (secondary N) is 1. The Bertz CT molecular complexity index is 996. The average Bonchev–Trinajstić information content (AvgIpc) is 3.26. The predicted molar refractivity (Wildman–Crippen MR) is 106 cm³/mol. The molecule has 0 saturated heterocycles. The summed E-state index contributed by atoms with van der Waals surface area (Å²) in [6, 6.07) is 15.7. The van der Waals surface area contributed by atoms with Gasteiger partial charge >= 0.3 is 0 Å². The standard InChI is InChI=1S/C21H20N4O4/c1-27-20-12-16(14-22)6-7-19(20)29-15-21(26)24-17-4-2-5-18(13-17)28-11-10-25-9-3-8-23-25/h2-9,12-13H,10-11,15H2,1H3,(H,24,26). The third-order valence-electron chi connectivity index (χ3n) is 3.92. The van der Waals surface area contributed by atoms with Crippen LogP contribution in [0, 0.1) is 11.3 Å². The van der Waals surface area contributed by atoms with Crippen molar-refractivity contribution in [3.05, 3.63) is 66.5 Å². The first kappa shape index (κ1) is 19.8. The molecular formula is C21H20N4O4. The van der Waals surface area contributed by atoms with Gasteiger partial charge in [0.25, 0.3) is 5.91 Å². The fourth-order valence-corrected chi connectivity index (χ4v) is 2.55. The minimum atomic E-state index is -0.329. The third kappa shape index (κ3) is 5.74. The zero-order chi connectivity index (χ0) is 20.5. The summed E-state index contributed by atoms with van der Waals surface area (Å²) in [4.78, 5) is 12.2. The molecule has 29 heavy (non-hydrogen) atoms. The van der Waals surface area contributed by atoms with Gasteiger partial charge < -0.3 is 19.5 Å². The smallest absolute Gasteiger partial charge is 0.262 e. The number of rotatable bonds is 9. The number of hydrogen-bond donors (Lipinski definition) is 1. The third-order valence-corrected chi connectivity index (χ3v) is 3.92. The van der Waals surface area contributed by atoms with Gasteiger partial charge in [0.05, 0.1) is 25.3 Å². The molecule has 148 valence electrons. The molecule has 0 fully saturated rings. The normalized spacial score (nSPS) is 10.1. The van der Waals surface area contributed by atoms with E-state index >= 15 is 0 Å². The fraction of sp³-hybridized carbons (Fsp3) is 0.190. The summed E-state index contributed by atoms with van der Waals surface area (Å²) in [5, 5.41) is 15.8. The first-order valence-electron chi connectivity index (χ1n) is 8.89. The molecular weight excluding hydrogens is 372 g/mol. The molecule has 1 heterocycles. The van der Waals surface area contributed by atoms with E-state index in [1.54, 1.807) is 47.3 Å². The molecule has 3 aromatic rings. The first-order valence-corrected chi connectivity index (χ1v) is 8.89. The average molecular weight is 392 g/mol. The maximum atomic E-state index is 12.2. The number of carbonyl (C=O) groups excluding carboxylic acids is 1. The van der Waals surface area contributed by atoms with Gasteiger partial charge in [-0.3, -0.25) is 9.48 Å². The molecule has 0 radical (unpaired) electrons. The zero-order valence-electron chi connectivity index (χ0n) is 15.9. The molecule has 0 spiro atoms. The summed E-state index contributed by atoms with van der Waals surface area (Å²) in [6.07, 6.45) is 3.58. The number of aromatic nitrogens is 2. The van der Waals surface area contributed by atoms with Crippen LogP contribution in [0.25, 0.3) is 0 Å². The number of nitriles is 1.